The van der Waals surface area contributed by atoms with E-state index in [-0.39, 0.29) is 28.0 Å². The molecule has 0 aliphatic heterocycles. The zero-order valence-electron chi connectivity index (χ0n) is 29.4. The number of hydrogen-bond acceptors (Lipinski definition) is 4. The Balaban J connectivity index is 1.38. The van der Waals surface area contributed by atoms with Crippen molar-refractivity contribution in [2.24, 2.45) is 0 Å². The molecule has 0 saturated heterocycles. The van der Waals surface area contributed by atoms with Gasteiger partial charge >= 0.3 is 5.56 Å². The highest BCUT2D eigenvalue weighted by Gasteiger charge is 2.29. The maximum Gasteiger partial charge on any atom is 0.314 e. The van der Waals surface area contributed by atoms with Crippen molar-refractivity contribution >= 4 is 23.2 Å². The van der Waals surface area contributed by atoms with Crippen molar-refractivity contribution in [2.75, 3.05) is 5.32 Å². The molecule has 2 N–H and O–H groups in total. The molecule has 1 unspecified atom stereocenters. The van der Waals surface area contributed by atoms with Crippen LogP contribution in [0.25, 0.3) is 16.9 Å². The molecule has 1 atom stereocenters. The minimum atomic E-state index is -0.692. The minimum absolute atomic E-state index is 0.0322. The Morgan fingerprint density at radius 3 is 2.12 bits per heavy atom. The second-order valence-corrected chi connectivity index (χ2v) is 14.1. The fraction of sp³-hybridized carbons (Fsp3) is 0.317. The van der Waals surface area contributed by atoms with Crippen LogP contribution < -0.4 is 20.3 Å². The van der Waals surface area contributed by atoms with Crippen LogP contribution in [0.3, 0.4) is 0 Å². The van der Waals surface area contributed by atoms with Crippen LogP contribution in [0.2, 0.25) is 5.02 Å². The summed E-state index contributed by atoms with van der Waals surface area (Å²) in [6, 6.07) is 29.8. The Morgan fingerprint density at radius 1 is 0.857 bits per heavy atom. The molecule has 8 heteroatoms. The first kappa shape index (κ1) is 35.6. The van der Waals surface area contributed by atoms with Crippen molar-refractivity contribution in [3.8, 4) is 34.2 Å². The summed E-state index contributed by atoms with van der Waals surface area (Å²) in [5.41, 5.74) is 4.42. The SMILES string of the molecule is CCC(Oc1ccc(C(C)(C)CC)cc1C(C)(C)CC)C(=O)Nc1ccc(-n2[nH]c(-c3ccccc3)c(Oc3ccc(Cl)cc3)c2=O)cc1. The Morgan fingerprint density at radius 2 is 1.51 bits per heavy atom. The lowest BCUT2D eigenvalue weighted by molar-refractivity contribution is -0.122. The first-order valence-electron chi connectivity index (χ1n) is 16.9. The number of amides is 1. The average Bonchev–Trinajstić information content (AvgIpc) is 3.43. The lowest BCUT2D eigenvalue weighted by atomic mass is 9.76. The van der Waals surface area contributed by atoms with Gasteiger partial charge in [-0.3, -0.25) is 14.7 Å². The minimum Gasteiger partial charge on any atom is -0.480 e. The molecule has 0 aliphatic rings. The second kappa shape index (κ2) is 14.8. The maximum atomic E-state index is 13.7. The third kappa shape index (κ3) is 7.94. The van der Waals surface area contributed by atoms with Crippen LogP contribution in [0.1, 0.15) is 78.9 Å². The summed E-state index contributed by atoms with van der Waals surface area (Å²) in [5.74, 6) is 1.14. The number of ether oxygens (including phenoxy) is 2. The number of carbonyl (C=O) groups is 1. The van der Waals surface area contributed by atoms with E-state index in [9.17, 15) is 9.59 Å². The molecule has 0 bridgehead atoms. The van der Waals surface area contributed by atoms with Crippen LogP contribution >= 0.6 is 11.6 Å². The van der Waals surface area contributed by atoms with Crippen molar-refractivity contribution in [3.05, 3.63) is 124 Å². The average molecular weight is 680 g/mol. The van der Waals surface area contributed by atoms with Crippen LogP contribution in [0.5, 0.6) is 17.2 Å². The molecule has 49 heavy (non-hydrogen) atoms. The van der Waals surface area contributed by atoms with Crippen LogP contribution in [0.15, 0.2) is 102 Å². The van der Waals surface area contributed by atoms with Gasteiger partial charge in [0.2, 0.25) is 5.75 Å². The van der Waals surface area contributed by atoms with Gasteiger partial charge in [-0.1, -0.05) is 103 Å². The van der Waals surface area contributed by atoms with Crippen LogP contribution in [-0.2, 0) is 15.6 Å². The smallest absolute Gasteiger partial charge is 0.314 e. The molecular weight excluding hydrogens is 634 g/mol. The predicted molar refractivity (Wildman–Crippen MR) is 200 cm³/mol. The summed E-state index contributed by atoms with van der Waals surface area (Å²) < 4.78 is 14.0. The Bertz CT molecular complexity index is 1940. The van der Waals surface area contributed by atoms with Crippen LogP contribution in [-0.4, -0.2) is 21.8 Å². The summed E-state index contributed by atoms with van der Waals surface area (Å²) in [6.45, 7) is 15.2. The third-order valence-electron chi connectivity index (χ3n) is 9.53. The molecule has 256 valence electrons. The standard InChI is InChI=1S/C41H46ClN3O4/c1-8-34(49-35-25-16-28(40(4,5)9-2)26-33(35)41(6,7)10-3)38(46)43-30-19-21-31(22-20-30)45-39(47)37(48-32-23-17-29(42)18-24-32)36(44-45)27-14-12-11-13-15-27/h11-26,34,44H,8-10H2,1-7H3,(H,43,46). The van der Waals surface area contributed by atoms with Gasteiger partial charge < -0.3 is 14.8 Å². The lowest BCUT2D eigenvalue weighted by Crippen LogP contribution is -2.33. The van der Waals surface area contributed by atoms with Crippen LogP contribution in [0, 0.1) is 0 Å². The molecule has 0 saturated carbocycles. The number of anilines is 1. The largest absolute Gasteiger partial charge is 0.480 e. The zero-order chi connectivity index (χ0) is 35.3. The number of benzene rings is 4. The molecule has 5 rings (SSSR count). The molecule has 0 fully saturated rings. The Kier molecular flexibility index (Phi) is 10.7. The van der Waals surface area contributed by atoms with Gasteiger partial charge in [0, 0.05) is 21.8 Å². The molecule has 7 nitrogen and oxygen atoms in total. The fourth-order valence-electron chi connectivity index (χ4n) is 5.49. The summed E-state index contributed by atoms with van der Waals surface area (Å²) in [4.78, 5) is 27.2. The van der Waals surface area contributed by atoms with Crippen molar-refractivity contribution in [1.29, 1.82) is 0 Å². The topological polar surface area (TPSA) is 85.3 Å². The van der Waals surface area contributed by atoms with Crippen molar-refractivity contribution < 1.29 is 14.3 Å². The number of rotatable bonds is 13. The molecule has 1 aromatic heterocycles. The zero-order valence-corrected chi connectivity index (χ0v) is 30.2. The molecule has 0 spiro atoms. The summed E-state index contributed by atoms with van der Waals surface area (Å²) in [5, 5.41) is 6.79. The Labute approximate surface area is 294 Å². The highest BCUT2D eigenvalue weighted by Crippen LogP contribution is 2.39. The van der Waals surface area contributed by atoms with E-state index in [1.165, 1.54) is 10.2 Å². The molecule has 1 amide bonds. The van der Waals surface area contributed by atoms with E-state index in [1.54, 1.807) is 48.5 Å². The quantitative estimate of drug-likeness (QED) is 0.130. The van der Waals surface area contributed by atoms with Gasteiger partial charge in [0.1, 0.15) is 17.2 Å². The maximum absolute atomic E-state index is 13.7. The van der Waals surface area contributed by atoms with Crippen molar-refractivity contribution in [1.82, 2.24) is 9.78 Å². The van der Waals surface area contributed by atoms with Gasteiger partial charge in [-0.2, -0.15) is 0 Å². The number of hydrogen-bond donors (Lipinski definition) is 2. The number of nitrogens with one attached hydrogen (secondary N) is 2. The van der Waals surface area contributed by atoms with Gasteiger partial charge in [0.25, 0.3) is 5.91 Å². The van der Waals surface area contributed by atoms with E-state index in [1.807, 2.05) is 43.3 Å². The lowest BCUT2D eigenvalue weighted by Gasteiger charge is -2.31. The van der Waals surface area contributed by atoms with Gasteiger partial charge in [-0.05, 0) is 90.3 Å². The van der Waals surface area contributed by atoms with Gasteiger partial charge in [-0.15, -0.1) is 0 Å². The van der Waals surface area contributed by atoms with Crippen molar-refractivity contribution in [3.63, 3.8) is 0 Å². The molecule has 1 heterocycles. The van der Waals surface area contributed by atoms with Gasteiger partial charge in [-0.25, -0.2) is 4.68 Å². The summed E-state index contributed by atoms with van der Waals surface area (Å²) in [7, 11) is 0. The predicted octanol–water partition coefficient (Wildman–Crippen LogP) is 10.4. The highest BCUT2D eigenvalue weighted by molar-refractivity contribution is 6.30. The summed E-state index contributed by atoms with van der Waals surface area (Å²) in [6.07, 6.45) is 1.75. The number of aromatic nitrogens is 2. The number of H-pyrrole nitrogens is 1. The number of halogens is 1. The van der Waals surface area contributed by atoms with Crippen molar-refractivity contribution in [2.45, 2.75) is 84.7 Å². The van der Waals surface area contributed by atoms with Gasteiger partial charge in [0.15, 0.2) is 6.10 Å². The van der Waals surface area contributed by atoms with E-state index >= 15 is 0 Å². The summed E-state index contributed by atoms with van der Waals surface area (Å²) >= 11 is 6.05. The molecule has 0 radical (unpaired) electrons. The number of nitrogens with zero attached hydrogens (tertiary/aromatic N) is 1. The Hall–Kier alpha value is -4.75. The monoisotopic (exact) mass is 679 g/mol. The van der Waals surface area contributed by atoms with E-state index in [0.717, 1.165) is 29.7 Å². The number of carbonyl (C=O) groups excluding carboxylic acids is 1. The van der Waals surface area contributed by atoms with Gasteiger partial charge in [0.05, 0.1) is 5.69 Å². The first-order valence-corrected chi connectivity index (χ1v) is 17.3. The normalized spacial score (nSPS) is 12.4. The third-order valence-corrected chi connectivity index (χ3v) is 9.78. The molecule has 5 aromatic rings. The van der Waals surface area contributed by atoms with E-state index < -0.39 is 6.10 Å². The number of aromatic amines is 1. The molecule has 0 aliphatic carbocycles. The highest BCUT2D eigenvalue weighted by atomic mass is 35.5. The van der Waals surface area contributed by atoms with E-state index in [2.05, 4.69) is 64.1 Å². The van der Waals surface area contributed by atoms with E-state index in [4.69, 9.17) is 21.1 Å². The van der Waals surface area contributed by atoms with E-state index in [0.29, 0.717) is 34.3 Å². The molecule has 4 aromatic carbocycles. The first-order chi connectivity index (χ1) is 23.4. The fourth-order valence-corrected chi connectivity index (χ4v) is 5.61. The van der Waals surface area contributed by atoms with Crippen LogP contribution in [0.4, 0.5) is 5.69 Å². The second-order valence-electron chi connectivity index (χ2n) is 13.6. The molecular formula is C41H46ClN3O4.